The average molecular weight is 349 g/mol. The summed E-state index contributed by atoms with van der Waals surface area (Å²) in [5, 5.41) is 2.75. The molecule has 0 atom stereocenters. The van der Waals surface area contributed by atoms with Crippen LogP contribution in [0.1, 0.15) is 24.5 Å². The molecule has 6 heteroatoms. The third kappa shape index (κ3) is 6.51. The highest BCUT2D eigenvalue weighted by molar-refractivity contribution is 5.91. The summed E-state index contributed by atoms with van der Waals surface area (Å²) in [4.78, 5) is 11.9. The number of halogens is 2. The van der Waals surface area contributed by atoms with Crippen LogP contribution in [0.5, 0.6) is 5.75 Å². The normalized spacial score (nSPS) is 10.7. The van der Waals surface area contributed by atoms with Gasteiger partial charge < -0.3 is 14.8 Å². The summed E-state index contributed by atoms with van der Waals surface area (Å²) in [6, 6.07) is 14.1. The van der Waals surface area contributed by atoms with Crippen molar-refractivity contribution in [2.75, 3.05) is 18.5 Å². The van der Waals surface area contributed by atoms with Crippen molar-refractivity contribution in [1.82, 2.24) is 0 Å². The Morgan fingerprint density at radius 3 is 2.60 bits per heavy atom. The van der Waals surface area contributed by atoms with Gasteiger partial charge in [-0.3, -0.25) is 4.79 Å². The van der Waals surface area contributed by atoms with Crippen LogP contribution in [0.25, 0.3) is 0 Å². The fourth-order valence-electron chi connectivity index (χ4n) is 2.35. The first-order valence-electron chi connectivity index (χ1n) is 8.07. The minimum Gasteiger partial charge on any atom is -0.435 e. The zero-order chi connectivity index (χ0) is 18.1. The molecule has 0 aliphatic rings. The molecule has 134 valence electrons. The highest BCUT2D eigenvalue weighted by atomic mass is 19.3. The number of benzene rings is 2. The van der Waals surface area contributed by atoms with E-state index in [1.54, 1.807) is 12.1 Å². The second-order valence-corrected chi connectivity index (χ2v) is 5.36. The maximum absolute atomic E-state index is 12.6. The zero-order valence-electron chi connectivity index (χ0n) is 14.0. The van der Waals surface area contributed by atoms with E-state index in [2.05, 4.69) is 10.1 Å². The molecule has 0 aliphatic heterocycles. The van der Waals surface area contributed by atoms with Crippen molar-refractivity contribution in [3.63, 3.8) is 0 Å². The van der Waals surface area contributed by atoms with Crippen LogP contribution in [0.15, 0.2) is 48.5 Å². The quantitative estimate of drug-likeness (QED) is 0.689. The monoisotopic (exact) mass is 349 g/mol. The fraction of sp³-hybridized carbons (Fsp3) is 0.316. The van der Waals surface area contributed by atoms with Crippen LogP contribution < -0.4 is 10.1 Å². The van der Waals surface area contributed by atoms with E-state index in [0.717, 1.165) is 5.56 Å². The Bertz CT molecular complexity index is 678. The van der Waals surface area contributed by atoms with Crippen molar-refractivity contribution >= 4 is 11.6 Å². The minimum absolute atomic E-state index is 0.103. The molecule has 0 unspecified atom stereocenters. The molecule has 0 heterocycles. The van der Waals surface area contributed by atoms with E-state index in [4.69, 9.17) is 4.74 Å². The minimum atomic E-state index is -2.90. The zero-order valence-corrected chi connectivity index (χ0v) is 14.0. The number of ether oxygens (including phenoxy) is 2. The van der Waals surface area contributed by atoms with Gasteiger partial charge in [-0.15, -0.1) is 0 Å². The van der Waals surface area contributed by atoms with Crippen LogP contribution in [0, 0.1) is 0 Å². The molecule has 0 aromatic heterocycles. The van der Waals surface area contributed by atoms with Gasteiger partial charge in [0.2, 0.25) is 5.91 Å². The molecule has 1 N–H and O–H groups in total. The smallest absolute Gasteiger partial charge is 0.387 e. The number of carbonyl (C=O) groups is 1. The predicted molar refractivity (Wildman–Crippen MR) is 92.1 cm³/mol. The van der Waals surface area contributed by atoms with Gasteiger partial charge in [0.15, 0.2) is 0 Å². The van der Waals surface area contributed by atoms with Gasteiger partial charge in [-0.1, -0.05) is 30.3 Å². The number of hydrogen-bond acceptors (Lipinski definition) is 3. The van der Waals surface area contributed by atoms with Crippen LogP contribution in [-0.2, 0) is 16.0 Å². The SMILES string of the molecule is CCOCCC(=O)Nc1ccc(OC(F)F)c(Cc2ccccc2)c1. The maximum Gasteiger partial charge on any atom is 0.387 e. The van der Waals surface area contributed by atoms with E-state index in [9.17, 15) is 13.6 Å². The summed E-state index contributed by atoms with van der Waals surface area (Å²) >= 11 is 0. The largest absolute Gasteiger partial charge is 0.435 e. The Morgan fingerprint density at radius 1 is 1.16 bits per heavy atom. The lowest BCUT2D eigenvalue weighted by Gasteiger charge is -2.13. The lowest BCUT2D eigenvalue weighted by Crippen LogP contribution is -2.14. The first-order chi connectivity index (χ1) is 12.1. The topological polar surface area (TPSA) is 47.6 Å². The fourth-order valence-corrected chi connectivity index (χ4v) is 2.35. The summed E-state index contributed by atoms with van der Waals surface area (Å²) < 4.78 is 35.0. The summed E-state index contributed by atoms with van der Waals surface area (Å²) in [6.45, 7) is -0.156. The van der Waals surface area contributed by atoms with Crippen molar-refractivity contribution in [2.24, 2.45) is 0 Å². The third-order valence-electron chi connectivity index (χ3n) is 3.48. The van der Waals surface area contributed by atoms with Gasteiger partial charge in [0.05, 0.1) is 13.0 Å². The number of alkyl halides is 2. The first kappa shape index (κ1) is 18.9. The molecule has 0 saturated carbocycles. The first-order valence-corrected chi connectivity index (χ1v) is 8.07. The van der Waals surface area contributed by atoms with Crippen LogP contribution in [-0.4, -0.2) is 25.7 Å². The summed E-state index contributed by atoms with van der Waals surface area (Å²) in [5.41, 5.74) is 2.07. The molecule has 0 aliphatic carbocycles. The number of carbonyl (C=O) groups excluding carboxylic acids is 1. The van der Waals surface area contributed by atoms with E-state index < -0.39 is 6.61 Å². The molecule has 2 aromatic carbocycles. The molecule has 25 heavy (non-hydrogen) atoms. The summed E-state index contributed by atoms with van der Waals surface area (Å²) in [6.07, 6.45) is 0.655. The molecule has 0 spiro atoms. The van der Waals surface area contributed by atoms with Gasteiger partial charge in [0.1, 0.15) is 5.75 Å². The van der Waals surface area contributed by atoms with Gasteiger partial charge in [0, 0.05) is 24.3 Å². The maximum atomic E-state index is 12.6. The molecule has 2 aromatic rings. The molecular formula is C19H21F2NO3. The third-order valence-corrected chi connectivity index (χ3v) is 3.48. The summed E-state index contributed by atoms with van der Waals surface area (Å²) in [7, 11) is 0. The number of anilines is 1. The van der Waals surface area contributed by atoms with E-state index in [1.165, 1.54) is 6.07 Å². The van der Waals surface area contributed by atoms with Crippen molar-refractivity contribution in [3.8, 4) is 5.75 Å². The lowest BCUT2D eigenvalue weighted by molar-refractivity contribution is -0.117. The molecule has 0 fully saturated rings. The van der Waals surface area contributed by atoms with E-state index >= 15 is 0 Å². The second kappa shape index (κ2) is 9.74. The van der Waals surface area contributed by atoms with Crippen molar-refractivity contribution in [1.29, 1.82) is 0 Å². The molecule has 1 amide bonds. The van der Waals surface area contributed by atoms with Gasteiger partial charge in [-0.2, -0.15) is 8.78 Å². The van der Waals surface area contributed by atoms with Gasteiger partial charge in [-0.05, 0) is 30.7 Å². The Kier molecular flexibility index (Phi) is 7.35. The van der Waals surface area contributed by atoms with Gasteiger partial charge >= 0.3 is 6.61 Å². The molecule has 2 rings (SSSR count). The number of amides is 1. The standard InChI is InChI=1S/C19H21F2NO3/c1-2-24-11-10-18(23)22-16-8-9-17(25-19(20)21)15(13-16)12-14-6-4-3-5-7-14/h3-9,13,19H,2,10-12H2,1H3,(H,22,23). The summed E-state index contributed by atoms with van der Waals surface area (Å²) in [5.74, 6) is -0.0900. The van der Waals surface area contributed by atoms with Crippen LogP contribution in [0.2, 0.25) is 0 Å². The number of nitrogens with one attached hydrogen (secondary N) is 1. The number of rotatable bonds is 9. The Hall–Kier alpha value is -2.47. The van der Waals surface area contributed by atoms with Crippen molar-refractivity contribution in [3.05, 3.63) is 59.7 Å². The molecule has 0 saturated heterocycles. The Labute approximate surface area is 145 Å². The van der Waals surface area contributed by atoms with Crippen molar-refractivity contribution < 1.29 is 23.0 Å². The highest BCUT2D eigenvalue weighted by Gasteiger charge is 2.12. The van der Waals surface area contributed by atoms with Gasteiger partial charge in [-0.25, -0.2) is 0 Å². The second-order valence-electron chi connectivity index (χ2n) is 5.36. The van der Waals surface area contributed by atoms with Crippen LogP contribution in [0.3, 0.4) is 0 Å². The number of hydrogen-bond donors (Lipinski definition) is 1. The Balaban J connectivity index is 2.14. The van der Waals surface area contributed by atoms with E-state index in [1.807, 2.05) is 37.3 Å². The van der Waals surface area contributed by atoms with Crippen molar-refractivity contribution in [2.45, 2.75) is 26.4 Å². The lowest BCUT2D eigenvalue weighted by atomic mass is 10.0. The predicted octanol–water partition coefficient (Wildman–Crippen LogP) is 4.24. The van der Waals surface area contributed by atoms with Gasteiger partial charge in [0.25, 0.3) is 0 Å². The van der Waals surface area contributed by atoms with E-state index in [-0.39, 0.29) is 18.1 Å². The average Bonchev–Trinajstić information content (AvgIpc) is 2.58. The van der Waals surface area contributed by atoms with Crippen LogP contribution in [0.4, 0.5) is 14.5 Å². The molecule has 0 bridgehead atoms. The highest BCUT2D eigenvalue weighted by Crippen LogP contribution is 2.27. The molecular weight excluding hydrogens is 328 g/mol. The molecule has 0 radical (unpaired) electrons. The Morgan fingerprint density at radius 2 is 1.92 bits per heavy atom. The van der Waals surface area contributed by atoms with E-state index in [0.29, 0.717) is 30.9 Å². The van der Waals surface area contributed by atoms with Crippen LogP contribution >= 0.6 is 0 Å². The molecule has 4 nitrogen and oxygen atoms in total.